The van der Waals surface area contributed by atoms with E-state index in [-0.39, 0.29) is 11.8 Å². The second kappa shape index (κ2) is 6.29. The Kier molecular flexibility index (Phi) is 5.02. The molecule has 0 aromatic rings. The number of aliphatic carboxylic acids is 1. The van der Waals surface area contributed by atoms with E-state index < -0.39 is 18.0 Å². The number of carbonyl (C=O) groups is 2. The zero-order chi connectivity index (χ0) is 13.6. The second-order valence-corrected chi connectivity index (χ2v) is 4.88. The van der Waals surface area contributed by atoms with Gasteiger partial charge in [0.2, 0.25) is 0 Å². The highest BCUT2D eigenvalue weighted by molar-refractivity contribution is 5.82. The number of hydrogen-bond acceptors (Lipinski definition) is 2. The Balaban J connectivity index is 2.33. The van der Waals surface area contributed by atoms with Crippen LogP contribution in [-0.2, 0) is 4.79 Å². The predicted octanol–water partition coefficient (Wildman–Crippen LogP) is 1.34. The maximum absolute atomic E-state index is 11.6. The van der Waals surface area contributed by atoms with Gasteiger partial charge in [-0.1, -0.05) is 13.3 Å². The van der Waals surface area contributed by atoms with Crippen LogP contribution in [-0.4, -0.2) is 29.7 Å². The Morgan fingerprint density at radius 2 is 2.17 bits per heavy atom. The van der Waals surface area contributed by atoms with Crippen molar-refractivity contribution in [2.45, 2.75) is 45.1 Å². The summed E-state index contributed by atoms with van der Waals surface area (Å²) in [5.41, 5.74) is 0.247. The third kappa shape index (κ3) is 4.28. The number of carboxylic acids is 1. The summed E-state index contributed by atoms with van der Waals surface area (Å²) in [6.07, 6.45) is 9.50. The van der Waals surface area contributed by atoms with Gasteiger partial charge in [0.05, 0.1) is 0 Å². The Bertz CT molecular complexity index is 356. The SMILES string of the molecule is C#CCC(NC(=O)NCC1(CCC)CC1)C(=O)O. The van der Waals surface area contributed by atoms with Crippen molar-refractivity contribution < 1.29 is 14.7 Å². The third-order valence-corrected chi connectivity index (χ3v) is 3.29. The van der Waals surface area contributed by atoms with Crippen LogP contribution in [0.4, 0.5) is 4.79 Å². The molecule has 1 saturated carbocycles. The van der Waals surface area contributed by atoms with E-state index in [1.807, 2.05) is 0 Å². The van der Waals surface area contributed by atoms with Crippen molar-refractivity contribution in [2.24, 2.45) is 5.41 Å². The molecular weight excluding hydrogens is 232 g/mol. The fourth-order valence-corrected chi connectivity index (χ4v) is 2.02. The Morgan fingerprint density at radius 1 is 1.50 bits per heavy atom. The molecule has 18 heavy (non-hydrogen) atoms. The first-order chi connectivity index (χ1) is 8.53. The molecule has 0 heterocycles. The molecule has 100 valence electrons. The molecule has 0 aliphatic heterocycles. The van der Waals surface area contributed by atoms with Gasteiger partial charge < -0.3 is 15.7 Å². The van der Waals surface area contributed by atoms with Gasteiger partial charge in [-0.25, -0.2) is 9.59 Å². The average molecular weight is 252 g/mol. The van der Waals surface area contributed by atoms with E-state index in [4.69, 9.17) is 11.5 Å². The predicted molar refractivity (Wildman–Crippen MR) is 68.0 cm³/mol. The molecule has 0 aromatic carbocycles. The molecule has 1 aliphatic carbocycles. The van der Waals surface area contributed by atoms with Crippen LogP contribution in [0.1, 0.15) is 39.0 Å². The average Bonchev–Trinajstić information content (AvgIpc) is 3.07. The lowest BCUT2D eigenvalue weighted by Crippen LogP contribution is -2.47. The Labute approximate surface area is 107 Å². The first-order valence-electron chi connectivity index (χ1n) is 6.23. The lowest BCUT2D eigenvalue weighted by atomic mass is 10.0. The van der Waals surface area contributed by atoms with E-state index in [2.05, 4.69) is 23.5 Å². The van der Waals surface area contributed by atoms with Crippen LogP contribution in [0.2, 0.25) is 0 Å². The van der Waals surface area contributed by atoms with Crippen LogP contribution in [0.15, 0.2) is 0 Å². The fourth-order valence-electron chi connectivity index (χ4n) is 2.02. The molecule has 1 rings (SSSR count). The van der Waals surface area contributed by atoms with E-state index in [9.17, 15) is 9.59 Å². The fraction of sp³-hybridized carbons (Fsp3) is 0.692. The van der Waals surface area contributed by atoms with Crippen molar-refractivity contribution in [1.82, 2.24) is 10.6 Å². The highest BCUT2D eigenvalue weighted by atomic mass is 16.4. The second-order valence-electron chi connectivity index (χ2n) is 4.88. The van der Waals surface area contributed by atoms with Crippen LogP contribution >= 0.6 is 0 Å². The maximum Gasteiger partial charge on any atom is 0.327 e. The minimum absolute atomic E-state index is 0.0111. The summed E-state index contributed by atoms with van der Waals surface area (Å²) in [6, 6.07) is -1.48. The van der Waals surface area contributed by atoms with E-state index >= 15 is 0 Å². The molecule has 1 atom stereocenters. The highest BCUT2D eigenvalue weighted by Crippen LogP contribution is 2.48. The molecule has 1 unspecified atom stereocenters. The number of amides is 2. The van der Waals surface area contributed by atoms with Crippen LogP contribution in [0, 0.1) is 17.8 Å². The third-order valence-electron chi connectivity index (χ3n) is 3.29. The normalized spacial score (nSPS) is 17.3. The maximum atomic E-state index is 11.6. The van der Waals surface area contributed by atoms with Crippen LogP contribution < -0.4 is 10.6 Å². The molecule has 0 aromatic heterocycles. The Hall–Kier alpha value is -1.70. The highest BCUT2D eigenvalue weighted by Gasteiger charge is 2.41. The lowest BCUT2D eigenvalue weighted by Gasteiger charge is -2.17. The van der Waals surface area contributed by atoms with Crippen molar-refractivity contribution >= 4 is 12.0 Å². The van der Waals surface area contributed by atoms with Crippen molar-refractivity contribution in [1.29, 1.82) is 0 Å². The largest absolute Gasteiger partial charge is 0.480 e. The summed E-state index contributed by atoms with van der Waals surface area (Å²) in [7, 11) is 0. The smallest absolute Gasteiger partial charge is 0.327 e. The first-order valence-corrected chi connectivity index (χ1v) is 6.23. The van der Waals surface area contributed by atoms with Crippen molar-refractivity contribution in [3.8, 4) is 12.3 Å². The summed E-state index contributed by atoms with van der Waals surface area (Å²) >= 11 is 0. The zero-order valence-electron chi connectivity index (χ0n) is 10.7. The summed E-state index contributed by atoms with van der Waals surface area (Å²) < 4.78 is 0. The van der Waals surface area contributed by atoms with Gasteiger partial charge in [0.15, 0.2) is 0 Å². The molecule has 0 spiro atoms. The van der Waals surface area contributed by atoms with Crippen molar-refractivity contribution in [2.75, 3.05) is 6.54 Å². The lowest BCUT2D eigenvalue weighted by molar-refractivity contribution is -0.139. The van der Waals surface area contributed by atoms with Gasteiger partial charge in [0, 0.05) is 13.0 Å². The summed E-state index contributed by atoms with van der Waals surface area (Å²) in [5.74, 6) is 1.12. The molecule has 0 radical (unpaired) electrons. The van der Waals surface area contributed by atoms with Crippen LogP contribution in [0.25, 0.3) is 0 Å². The molecule has 3 N–H and O–H groups in total. The van der Waals surface area contributed by atoms with Crippen molar-refractivity contribution in [3.05, 3.63) is 0 Å². The molecular formula is C13H20N2O3. The number of nitrogens with one attached hydrogen (secondary N) is 2. The van der Waals surface area contributed by atoms with Gasteiger partial charge >= 0.3 is 12.0 Å². The van der Waals surface area contributed by atoms with Crippen LogP contribution in [0.5, 0.6) is 0 Å². The van der Waals surface area contributed by atoms with Crippen LogP contribution in [0.3, 0.4) is 0 Å². The van der Waals surface area contributed by atoms with Gasteiger partial charge in [0.1, 0.15) is 6.04 Å². The van der Waals surface area contributed by atoms with E-state index in [1.165, 1.54) is 0 Å². The number of hydrogen-bond donors (Lipinski definition) is 3. The molecule has 0 saturated heterocycles. The number of terminal acetylenes is 1. The number of urea groups is 1. The van der Waals surface area contributed by atoms with Crippen molar-refractivity contribution in [3.63, 3.8) is 0 Å². The topological polar surface area (TPSA) is 78.4 Å². The monoisotopic (exact) mass is 252 g/mol. The van der Waals surface area contributed by atoms with Gasteiger partial charge in [-0.2, -0.15) is 0 Å². The number of rotatable bonds is 7. The molecule has 5 heteroatoms. The minimum Gasteiger partial charge on any atom is -0.480 e. The molecule has 2 amide bonds. The quantitative estimate of drug-likeness (QED) is 0.598. The van der Waals surface area contributed by atoms with Gasteiger partial charge in [-0.15, -0.1) is 12.3 Å². The summed E-state index contributed by atoms with van der Waals surface area (Å²) in [4.78, 5) is 22.4. The van der Waals surface area contributed by atoms with E-state index in [1.54, 1.807) is 0 Å². The van der Waals surface area contributed by atoms with Gasteiger partial charge in [0.25, 0.3) is 0 Å². The van der Waals surface area contributed by atoms with Gasteiger partial charge in [-0.3, -0.25) is 0 Å². The molecule has 5 nitrogen and oxygen atoms in total. The molecule has 0 bridgehead atoms. The first kappa shape index (κ1) is 14.4. The Morgan fingerprint density at radius 3 is 2.61 bits per heavy atom. The number of carboxylic acid groups (broad SMARTS) is 1. The molecule has 1 fully saturated rings. The van der Waals surface area contributed by atoms with E-state index in [0.717, 1.165) is 25.7 Å². The zero-order valence-corrected chi connectivity index (χ0v) is 10.7. The summed E-state index contributed by atoms with van der Waals surface area (Å²) in [5, 5.41) is 13.9. The summed E-state index contributed by atoms with van der Waals surface area (Å²) in [6.45, 7) is 2.72. The minimum atomic E-state index is -1.11. The number of carbonyl (C=O) groups excluding carboxylic acids is 1. The molecule has 1 aliphatic rings. The van der Waals surface area contributed by atoms with Gasteiger partial charge in [-0.05, 0) is 24.7 Å². The van der Waals surface area contributed by atoms with E-state index in [0.29, 0.717) is 6.54 Å². The standard InChI is InChI=1S/C13H20N2O3/c1-3-5-10(11(16)17)15-12(18)14-9-13(6-4-2)7-8-13/h1,10H,4-9H2,2H3,(H,16,17)(H2,14,15,18).